The van der Waals surface area contributed by atoms with Crippen LogP contribution in [-0.2, 0) is 4.74 Å². The monoisotopic (exact) mass is 205 g/mol. The second-order valence-electron chi connectivity index (χ2n) is 3.05. The van der Waals surface area contributed by atoms with Crippen LogP contribution in [0.3, 0.4) is 0 Å². The third-order valence-corrected chi connectivity index (χ3v) is 1.72. The van der Waals surface area contributed by atoms with Crippen molar-refractivity contribution >= 4 is 21.8 Å². The Bertz CT molecular complexity index is 154. The van der Waals surface area contributed by atoms with E-state index < -0.39 is 0 Å². The Balaban J connectivity index is 2.49. The number of ether oxygens (including phenoxy) is 1. The van der Waals surface area contributed by atoms with Gasteiger partial charge in [0, 0.05) is 11.8 Å². The number of rotatable bonds is 2. The van der Waals surface area contributed by atoms with E-state index in [4.69, 9.17) is 4.74 Å². The van der Waals surface area contributed by atoms with E-state index in [1.807, 2.05) is 0 Å². The van der Waals surface area contributed by atoms with Crippen LogP contribution in [0.4, 0.5) is 0 Å². The lowest BCUT2D eigenvalue weighted by molar-refractivity contribution is 0.275. The highest BCUT2D eigenvalue weighted by Gasteiger charge is 2.25. The lowest BCUT2D eigenvalue weighted by atomic mass is 10.1. The molecule has 0 aromatic heterocycles. The van der Waals surface area contributed by atoms with Gasteiger partial charge in [-0.1, -0.05) is 15.9 Å². The van der Waals surface area contributed by atoms with Crippen LogP contribution < -0.4 is 0 Å². The molecule has 0 aliphatic carbocycles. The summed E-state index contributed by atoms with van der Waals surface area (Å²) < 4.78 is 5.33. The first-order valence-corrected chi connectivity index (χ1v) is 4.54. The molecule has 3 heteroatoms. The van der Waals surface area contributed by atoms with Crippen LogP contribution in [0.25, 0.3) is 0 Å². The molecule has 0 aromatic rings. The fourth-order valence-electron chi connectivity index (χ4n) is 0.871. The van der Waals surface area contributed by atoms with Crippen molar-refractivity contribution in [2.45, 2.75) is 25.8 Å². The van der Waals surface area contributed by atoms with E-state index in [9.17, 15) is 0 Å². The number of halogens is 1. The van der Waals surface area contributed by atoms with Gasteiger partial charge in [0.25, 0.3) is 0 Å². The Morgan fingerprint density at radius 2 is 2.40 bits per heavy atom. The maximum atomic E-state index is 5.33. The highest BCUT2D eigenvalue weighted by atomic mass is 79.9. The van der Waals surface area contributed by atoms with Gasteiger partial charge in [-0.2, -0.15) is 0 Å². The first-order valence-electron chi connectivity index (χ1n) is 3.41. The van der Waals surface area contributed by atoms with E-state index in [1.165, 1.54) is 0 Å². The molecular formula is C7H12BrNO. The summed E-state index contributed by atoms with van der Waals surface area (Å²) in [7, 11) is 0. The van der Waals surface area contributed by atoms with Crippen molar-refractivity contribution in [2.24, 2.45) is 4.99 Å². The molecule has 0 bridgehead atoms. The van der Waals surface area contributed by atoms with E-state index in [2.05, 4.69) is 34.8 Å². The van der Waals surface area contributed by atoms with Crippen LogP contribution in [-0.4, -0.2) is 23.4 Å². The van der Waals surface area contributed by atoms with Gasteiger partial charge in [-0.05, 0) is 13.8 Å². The molecule has 1 aliphatic rings. The van der Waals surface area contributed by atoms with E-state index in [1.54, 1.807) is 0 Å². The molecule has 2 nitrogen and oxygen atoms in total. The summed E-state index contributed by atoms with van der Waals surface area (Å²) in [5.41, 5.74) is 0.0114. The molecule has 1 rings (SSSR count). The molecule has 10 heavy (non-hydrogen) atoms. The van der Waals surface area contributed by atoms with E-state index >= 15 is 0 Å². The first kappa shape index (κ1) is 8.05. The predicted molar refractivity (Wildman–Crippen MR) is 45.9 cm³/mol. The average molecular weight is 206 g/mol. The van der Waals surface area contributed by atoms with Crippen LogP contribution in [0.2, 0.25) is 0 Å². The molecule has 0 saturated carbocycles. The molecular weight excluding hydrogens is 194 g/mol. The molecule has 1 heterocycles. The lowest BCUT2D eigenvalue weighted by Crippen LogP contribution is -2.17. The number of hydrogen-bond donors (Lipinski definition) is 0. The lowest BCUT2D eigenvalue weighted by Gasteiger charge is -2.07. The Labute approximate surface area is 69.8 Å². The second kappa shape index (κ2) is 2.91. The van der Waals surface area contributed by atoms with Gasteiger partial charge in [0.15, 0.2) is 5.90 Å². The molecule has 0 saturated heterocycles. The van der Waals surface area contributed by atoms with Gasteiger partial charge in [0.1, 0.15) is 6.61 Å². The smallest absolute Gasteiger partial charge is 0.184 e. The fourth-order valence-corrected chi connectivity index (χ4v) is 1.21. The zero-order chi connectivity index (χ0) is 7.61. The average Bonchev–Trinajstić information content (AvgIpc) is 2.12. The van der Waals surface area contributed by atoms with Gasteiger partial charge in [0.2, 0.25) is 0 Å². The molecule has 0 amide bonds. The van der Waals surface area contributed by atoms with Gasteiger partial charge < -0.3 is 4.74 Å². The molecule has 0 N–H and O–H groups in total. The number of alkyl halides is 1. The van der Waals surface area contributed by atoms with E-state index in [0.717, 1.165) is 24.3 Å². The van der Waals surface area contributed by atoms with Crippen LogP contribution in [0.15, 0.2) is 4.99 Å². The maximum absolute atomic E-state index is 5.33. The Morgan fingerprint density at radius 1 is 1.70 bits per heavy atom. The molecule has 0 aromatic carbocycles. The van der Waals surface area contributed by atoms with Crippen molar-refractivity contribution in [1.29, 1.82) is 0 Å². The van der Waals surface area contributed by atoms with Crippen LogP contribution in [0.5, 0.6) is 0 Å². The van der Waals surface area contributed by atoms with Gasteiger partial charge in [-0.3, -0.25) is 0 Å². The minimum absolute atomic E-state index is 0.0114. The van der Waals surface area contributed by atoms with Crippen LogP contribution in [0.1, 0.15) is 20.3 Å². The molecule has 1 aliphatic heterocycles. The molecule has 0 spiro atoms. The van der Waals surface area contributed by atoms with Gasteiger partial charge >= 0.3 is 0 Å². The van der Waals surface area contributed by atoms with Crippen LogP contribution >= 0.6 is 15.9 Å². The standard InChI is InChI=1S/C7H12BrNO/c1-7(2)5-10-6(9-7)3-4-8/h3-5H2,1-2H3. The number of hydrogen-bond acceptors (Lipinski definition) is 2. The zero-order valence-electron chi connectivity index (χ0n) is 6.35. The van der Waals surface area contributed by atoms with Gasteiger partial charge in [0.05, 0.1) is 5.54 Å². The zero-order valence-corrected chi connectivity index (χ0v) is 7.94. The quantitative estimate of drug-likeness (QED) is 0.633. The maximum Gasteiger partial charge on any atom is 0.184 e. The molecule has 0 atom stereocenters. The normalized spacial score (nSPS) is 22.1. The van der Waals surface area contributed by atoms with Gasteiger partial charge in [-0.25, -0.2) is 4.99 Å². The van der Waals surface area contributed by atoms with E-state index in [0.29, 0.717) is 0 Å². The third kappa shape index (κ3) is 1.97. The summed E-state index contributed by atoms with van der Waals surface area (Å²) >= 11 is 3.34. The SMILES string of the molecule is CC1(C)COC(CCBr)=N1. The summed E-state index contributed by atoms with van der Waals surface area (Å²) in [6.45, 7) is 4.89. The van der Waals surface area contributed by atoms with Crippen molar-refractivity contribution < 1.29 is 4.74 Å². The molecule has 0 unspecified atom stereocenters. The topological polar surface area (TPSA) is 21.6 Å². The molecule has 0 fully saturated rings. The van der Waals surface area contributed by atoms with Gasteiger partial charge in [-0.15, -0.1) is 0 Å². The number of nitrogens with zero attached hydrogens (tertiary/aromatic N) is 1. The highest BCUT2D eigenvalue weighted by molar-refractivity contribution is 9.09. The van der Waals surface area contributed by atoms with Crippen molar-refractivity contribution in [2.75, 3.05) is 11.9 Å². The second-order valence-corrected chi connectivity index (χ2v) is 3.84. The minimum atomic E-state index is 0.0114. The van der Waals surface area contributed by atoms with Crippen LogP contribution in [0, 0.1) is 0 Å². The largest absolute Gasteiger partial charge is 0.478 e. The minimum Gasteiger partial charge on any atom is -0.478 e. The highest BCUT2D eigenvalue weighted by Crippen LogP contribution is 2.18. The van der Waals surface area contributed by atoms with Crippen molar-refractivity contribution in [3.63, 3.8) is 0 Å². The number of aliphatic imine (C=N–C) groups is 1. The van der Waals surface area contributed by atoms with Crippen molar-refractivity contribution in [1.82, 2.24) is 0 Å². The third-order valence-electron chi connectivity index (χ3n) is 1.33. The fraction of sp³-hybridized carbons (Fsp3) is 0.857. The molecule has 58 valence electrons. The Hall–Kier alpha value is -0.0500. The molecule has 0 radical (unpaired) electrons. The predicted octanol–water partition coefficient (Wildman–Crippen LogP) is 1.98. The summed E-state index contributed by atoms with van der Waals surface area (Å²) in [6, 6.07) is 0. The Kier molecular flexibility index (Phi) is 2.34. The van der Waals surface area contributed by atoms with Crippen molar-refractivity contribution in [3.8, 4) is 0 Å². The Morgan fingerprint density at radius 3 is 2.80 bits per heavy atom. The first-order chi connectivity index (χ1) is 4.64. The summed E-state index contributed by atoms with van der Waals surface area (Å²) in [6.07, 6.45) is 0.906. The summed E-state index contributed by atoms with van der Waals surface area (Å²) in [5, 5.41) is 0.932. The van der Waals surface area contributed by atoms with E-state index in [-0.39, 0.29) is 5.54 Å². The summed E-state index contributed by atoms with van der Waals surface area (Å²) in [5.74, 6) is 0.891. The van der Waals surface area contributed by atoms with Crippen molar-refractivity contribution in [3.05, 3.63) is 0 Å². The summed E-state index contributed by atoms with van der Waals surface area (Å²) in [4.78, 5) is 4.37.